The molecular weight excluding hydrogens is 233 g/mol. The van der Waals surface area contributed by atoms with Crippen molar-refractivity contribution in [2.45, 2.75) is 26.3 Å². The molecule has 4 heteroatoms. The summed E-state index contributed by atoms with van der Waals surface area (Å²) in [5.74, 6) is -0.226. The minimum atomic E-state index is -0.693. The molecule has 0 saturated heterocycles. The first-order valence-corrected chi connectivity index (χ1v) is 5.93. The second-order valence-corrected chi connectivity index (χ2v) is 4.78. The fraction of sp³-hybridized carbons (Fsp3) is 0.357. The number of ketones is 1. The lowest BCUT2D eigenvalue weighted by molar-refractivity contribution is 0.0857. The van der Waals surface area contributed by atoms with Crippen LogP contribution in [0.1, 0.15) is 31.3 Å². The third-order valence-electron chi connectivity index (χ3n) is 2.89. The highest BCUT2D eigenvalue weighted by atomic mass is 19.1. The van der Waals surface area contributed by atoms with Crippen molar-refractivity contribution in [3.8, 4) is 0 Å². The van der Waals surface area contributed by atoms with Crippen molar-refractivity contribution in [3.63, 3.8) is 0 Å². The Morgan fingerprint density at radius 3 is 2.78 bits per heavy atom. The van der Waals surface area contributed by atoms with Crippen LogP contribution in [-0.4, -0.2) is 17.9 Å². The average Bonchev–Trinajstić information content (AvgIpc) is 2.70. The molecule has 3 nitrogen and oxygen atoms in total. The van der Waals surface area contributed by atoms with Crippen LogP contribution in [0.3, 0.4) is 0 Å². The summed E-state index contributed by atoms with van der Waals surface area (Å²) in [6.45, 7) is 6.22. The Hall–Kier alpha value is -1.68. The Morgan fingerprint density at radius 2 is 2.11 bits per heavy atom. The molecule has 1 aromatic heterocycles. The van der Waals surface area contributed by atoms with E-state index in [9.17, 15) is 9.18 Å². The van der Waals surface area contributed by atoms with Crippen molar-refractivity contribution >= 4 is 16.8 Å². The van der Waals surface area contributed by atoms with Crippen LogP contribution >= 0.6 is 0 Å². The molecule has 0 saturated carbocycles. The zero-order chi connectivity index (χ0) is 13.3. The molecule has 0 fully saturated rings. The van der Waals surface area contributed by atoms with E-state index >= 15 is 0 Å². The van der Waals surface area contributed by atoms with Gasteiger partial charge in [-0.05, 0) is 44.7 Å². The SMILES string of the molecule is CCNC(C)(C)C(=O)c1cc2cc(F)ccc2o1. The van der Waals surface area contributed by atoms with Crippen LogP contribution < -0.4 is 5.32 Å². The van der Waals surface area contributed by atoms with E-state index in [-0.39, 0.29) is 17.4 Å². The Bertz CT molecular complexity index is 586. The number of Topliss-reactive ketones (excluding diaryl/α,β-unsaturated/α-hetero) is 1. The molecule has 0 aliphatic rings. The molecule has 1 aromatic carbocycles. The summed E-state index contributed by atoms with van der Waals surface area (Å²) >= 11 is 0. The molecule has 0 radical (unpaired) electrons. The lowest BCUT2D eigenvalue weighted by atomic mass is 9.97. The summed E-state index contributed by atoms with van der Waals surface area (Å²) in [4.78, 5) is 12.3. The quantitative estimate of drug-likeness (QED) is 0.846. The summed E-state index contributed by atoms with van der Waals surface area (Å²) in [7, 11) is 0. The van der Waals surface area contributed by atoms with Crippen LogP contribution in [0.25, 0.3) is 11.0 Å². The van der Waals surface area contributed by atoms with E-state index in [0.29, 0.717) is 17.5 Å². The Kier molecular flexibility index (Phi) is 3.22. The minimum absolute atomic E-state index is 0.138. The molecule has 1 heterocycles. The van der Waals surface area contributed by atoms with Crippen LogP contribution in [0.4, 0.5) is 4.39 Å². The third kappa shape index (κ3) is 2.29. The summed E-state index contributed by atoms with van der Waals surface area (Å²) in [6, 6.07) is 5.78. The van der Waals surface area contributed by atoms with Crippen LogP contribution in [0, 0.1) is 5.82 Å². The number of likely N-dealkylation sites (N-methyl/N-ethyl adjacent to an activating group) is 1. The lowest BCUT2D eigenvalue weighted by Crippen LogP contribution is -2.46. The van der Waals surface area contributed by atoms with Gasteiger partial charge in [0.1, 0.15) is 11.4 Å². The fourth-order valence-corrected chi connectivity index (χ4v) is 1.96. The number of rotatable bonds is 4. The summed E-state index contributed by atoms with van der Waals surface area (Å²) in [5.41, 5.74) is -0.173. The van der Waals surface area contributed by atoms with Crippen molar-refractivity contribution in [1.82, 2.24) is 5.32 Å². The van der Waals surface area contributed by atoms with E-state index in [4.69, 9.17) is 4.42 Å². The van der Waals surface area contributed by atoms with Crippen LogP contribution in [0.5, 0.6) is 0 Å². The molecule has 0 atom stereocenters. The number of nitrogens with one attached hydrogen (secondary N) is 1. The number of carbonyl (C=O) groups is 1. The maximum atomic E-state index is 13.1. The standard InChI is InChI=1S/C14H16FNO2/c1-4-16-14(2,3)13(17)12-8-9-7-10(15)5-6-11(9)18-12/h5-8,16H,4H2,1-3H3. The van der Waals surface area contributed by atoms with Gasteiger partial charge in [0.15, 0.2) is 5.76 Å². The summed E-state index contributed by atoms with van der Waals surface area (Å²) in [6.07, 6.45) is 0. The minimum Gasteiger partial charge on any atom is -0.453 e. The van der Waals surface area contributed by atoms with Crippen LogP contribution in [-0.2, 0) is 0 Å². The molecule has 18 heavy (non-hydrogen) atoms. The van der Waals surface area contributed by atoms with Crippen molar-refractivity contribution in [2.75, 3.05) is 6.54 Å². The predicted molar refractivity (Wildman–Crippen MR) is 68.3 cm³/mol. The largest absolute Gasteiger partial charge is 0.453 e. The lowest BCUT2D eigenvalue weighted by Gasteiger charge is -2.22. The summed E-state index contributed by atoms with van der Waals surface area (Å²) < 4.78 is 18.5. The van der Waals surface area contributed by atoms with Crippen molar-refractivity contribution in [3.05, 3.63) is 35.8 Å². The third-order valence-corrected chi connectivity index (χ3v) is 2.89. The number of halogens is 1. The Labute approximate surface area is 105 Å². The number of hydrogen-bond acceptors (Lipinski definition) is 3. The second-order valence-electron chi connectivity index (χ2n) is 4.78. The molecule has 0 amide bonds. The normalized spacial score (nSPS) is 12.0. The highest BCUT2D eigenvalue weighted by Gasteiger charge is 2.30. The molecule has 96 valence electrons. The molecule has 0 aliphatic heterocycles. The van der Waals surface area contributed by atoms with Crippen molar-refractivity contribution < 1.29 is 13.6 Å². The van der Waals surface area contributed by atoms with Gasteiger partial charge in [-0.25, -0.2) is 4.39 Å². The highest BCUT2D eigenvalue weighted by Crippen LogP contribution is 2.23. The number of hydrogen-bond donors (Lipinski definition) is 1. The molecule has 0 bridgehead atoms. The molecule has 2 aromatic rings. The first-order valence-electron chi connectivity index (χ1n) is 5.93. The van der Waals surface area contributed by atoms with Gasteiger partial charge in [-0.3, -0.25) is 4.79 Å². The van der Waals surface area contributed by atoms with E-state index in [0.717, 1.165) is 0 Å². The fourth-order valence-electron chi connectivity index (χ4n) is 1.96. The van der Waals surface area contributed by atoms with E-state index in [2.05, 4.69) is 5.32 Å². The number of carbonyl (C=O) groups excluding carboxylic acids is 1. The van der Waals surface area contributed by atoms with Gasteiger partial charge in [0, 0.05) is 5.39 Å². The Morgan fingerprint density at radius 1 is 1.39 bits per heavy atom. The number of fused-ring (bicyclic) bond motifs is 1. The second kappa shape index (κ2) is 4.53. The number of benzene rings is 1. The monoisotopic (exact) mass is 249 g/mol. The van der Waals surface area contributed by atoms with E-state index in [1.165, 1.54) is 18.2 Å². The predicted octanol–water partition coefficient (Wildman–Crippen LogP) is 3.14. The topological polar surface area (TPSA) is 42.2 Å². The molecule has 0 aliphatic carbocycles. The smallest absolute Gasteiger partial charge is 0.217 e. The van der Waals surface area contributed by atoms with Gasteiger partial charge in [0.05, 0.1) is 5.54 Å². The van der Waals surface area contributed by atoms with Gasteiger partial charge < -0.3 is 9.73 Å². The van der Waals surface area contributed by atoms with Gasteiger partial charge in [-0.2, -0.15) is 0 Å². The number of furan rings is 1. The van der Waals surface area contributed by atoms with Crippen molar-refractivity contribution in [2.24, 2.45) is 0 Å². The maximum absolute atomic E-state index is 13.1. The van der Waals surface area contributed by atoms with Gasteiger partial charge in [0.2, 0.25) is 5.78 Å². The van der Waals surface area contributed by atoms with Gasteiger partial charge >= 0.3 is 0 Å². The molecular formula is C14H16FNO2. The maximum Gasteiger partial charge on any atom is 0.217 e. The van der Waals surface area contributed by atoms with Gasteiger partial charge in [0.25, 0.3) is 0 Å². The summed E-state index contributed by atoms with van der Waals surface area (Å²) in [5, 5.41) is 3.69. The van der Waals surface area contributed by atoms with Gasteiger partial charge in [-0.15, -0.1) is 0 Å². The van der Waals surface area contributed by atoms with Gasteiger partial charge in [-0.1, -0.05) is 6.92 Å². The van der Waals surface area contributed by atoms with E-state index in [1.807, 2.05) is 6.92 Å². The molecule has 0 spiro atoms. The molecule has 2 rings (SSSR count). The Balaban J connectivity index is 2.39. The first kappa shape index (κ1) is 12.8. The highest BCUT2D eigenvalue weighted by molar-refractivity contribution is 6.03. The zero-order valence-electron chi connectivity index (χ0n) is 10.7. The molecule has 0 unspecified atom stereocenters. The molecule has 1 N–H and O–H groups in total. The first-order chi connectivity index (χ1) is 8.44. The van der Waals surface area contributed by atoms with E-state index < -0.39 is 5.54 Å². The zero-order valence-corrected chi connectivity index (χ0v) is 10.7. The van der Waals surface area contributed by atoms with E-state index in [1.54, 1.807) is 19.9 Å². The van der Waals surface area contributed by atoms with Crippen molar-refractivity contribution in [1.29, 1.82) is 0 Å². The average molecular weight is 249 g/mol. The van der Waals surface area contributed by atoms with Crippen LogP contribution in [0.15, 0.2) is 28.7 Å². The van der Waals surface area contributed by atoms with Crippen LogP contribution in [0.2, 0.25) is 0 Å².